The third kappa shape index (κ3) is 4.74. The monoisotopic (exact) mass is 407 g/mol. The zero-order valence-corrected chi connectivity index (χ0v) is 17.5. The number of hydrogen-bond donors (Lipinski definition) is 2. The van der Waals surface area contributed by atoms with Gasteiger partial charge in [0.25, 0.3) is 0 Å². The molecule has 2 fully saturated rings. The number of rotatable bonds is 8. The minimum Gasteiger partial charge on any atom is -0.491 e. The van der Waals surface area contributed by atoms with Crippen LogP contribution in [0.2, 0.25) is 0 Å². The Labute approximate surface area is 172 Å². The maximum atomic E-state index is 12.0. The summed E-state index contributed by atoms with van der Waals surface area (Å²) in [6.45, 7) is 5.33. The molecule has 162 valence electrons. The Balaban J connectivity index is 1.67. The lowest BCUT2D eigenvalue weighted by Gasteiger charge is -2.33. The van der Waals surface area contributed by atoms with Crippen LogP contribution in [0.3, 0.4) is 0 Å². The highest BCUT2D eigenvalue weighted by molar-refractivity contribution is 5.77. The minimum atomic E-state index is -0.589. The average Bonchev–Trinajstić information content (AvgIpc) is 3.37. The molecule has 2 N–H and O–H groups in total. The number of carbonyl (C=O) groups is 1. The lowest BCUT2D eigenvalue weighted by molar-refractivity contribution is -0.133. The number of aliphatic hydroxyl groups excluding tert-OH is 2. The molecule has 5 atom stereocenters. The molecular weight excluding hydrogens is 374 g/mol. The highest BCUT2D eigenvalue weighted by Crippen LogP contribution is 2.45. The van der Waals surface area contributed by atoms with Crippen molar-refractivity contribution in [2.24, 2.45) is 5.41 Å². The van der Waals surface area contributed by atoms with Crippen LogP contribution >= 0.6 is 0 Å². The maximum absolute atomic E-state index is 12.0. The van der Waals surface area contributed by atoms with E-state index in [1.165, 1.54) is 0 Å². The van der Waals surface area contributed by atoms with Gasteiger partial charge in [-0.2, -0.15) is 0 Å². The van der Waals surface area contributed by atoms with Crippen LogP contribution in [-0.2, 0) is 14.3 Å². The number of methoxy groups -OCH3 is 1. The predicted molar refractivity (Wildman–Crippen MR) is 108 cm³/mol. The number of carbonyl (C=O) groups excluding carboxylic acids is 1. The summed E-state index contributed by atoms with van der Waals surface area (Å²) in [6.07, 6.45) is 1.44. The molecule has 0 saturated carbocycles. The molecule has 0 radical (unpaired) electrons. The number of aliphatic hydroxyl groups is 2. The van der Waals surface area contributed by atoms with Crippen molar-refractivity contribution in [3.8, 4) is 5.75 Å². The second-order valence-corrected chi connectivity index (χ2v) is 8.37. The third-order valence-corrected chi connectivity index (χ3v) is 6.55. The van der Waals surface area contributed by atoms with Crippen molar-refractivity contribution in [1.82, 2.24) is 4.90 Å². The summed E-state index contributed by atoms with van der Waals surface area (Å²) in [6, 6.07) is 7.80. The Kier molecular flexibility index (Phi) is 7.16. The van der Waals surface area contributed by atoms with Crippen molar-refractivity contribution >= 4 is 5.91 Å². The Morgan fingerprint density at radius 1 is 1.38 bits per heavy atom. The SMILES string of the molecule is COC(COc1ccc([C@@H]2CN(C(=O)CO)C[C@@]2(C)[C@@H](C)O)cc1)C1CCCO1. The third-order valence-electron chi connectivity index (χ3n) is 6.55. The summed E-state index contributed by atoms with van der Waals surface area (Å²) in [5, 5.41) is 19.6. The first-order valence-electron chi connectivity index (χ1n) is 10.3. The molecular formula is C22H33NO6. The van der Waals surface area contributed by atoms with Crippen LogP contribution in [0.15, 0.2) is 24.3 Å². The molecule has 2 heterocycles. The van der Waals surface area contributed by atoms with Crippen molar-refractivity contribution in [2.75, 3.05) is 40.0 Å². The van der Waals surface area contributed by atoms with Gasteiger partial charge < -0.3 is 29.3 Å². The molecule has 7 nitrogen and oxygen atoms in total. The van der Waals surface area contributed by atoms with Gasteiger partial charge in [-0.05, 0) is 37.5 Å². The summed E-state index contributed by atoms with van der Waals surface area (Å²) in [7, 11) is 1.68. The van der Waals surface area contributed by atoms with E-state index in [4.69, 9.17) is 14.2 Å². The number of ether oxygens (including phenoxy) is 3. The summed E-state index contributed by atoms with van der Waals surface area (Å²) in [4.78, 5) is 13.6. The van der Waals surface area contributed by atoms with Crippen molar-refractivity contribution in [3.05, 3.63) is 29.8 Å². The van der Waals surface area contributed by atoms with Crippen LogP contribution in [0.4, 0.5) is 0 Å². The molecule has 0 aliphatic carbocycles. The first kappa shape index (κ1) is 22.0. The zero-order valence-electron chi connectivity index (χ0n) is 17.5. The van der Waals surface area contributed by atoms with E-state index in [9.17, 15) is 15.0 Å². The van der Waals surface area contributed by atoms with Gasteiger partial charge in [0.05, 0.1) is 12.2 Å². The van der Waals surface area contributed by atoms with Crippen LogP contribution in [0.5, 0.6) is 5.75 Å². The maximum Gasteiger partial charge on any atom is 0.248 e. The fourth-order valence-electron chi connectivity index (χ4n) is 4.41. The van der Waals surface area contributed by atoms with Crippen molar-refractivity contribution in [1.29, 1.82) is 0 Å². The summed E-state index contributed by atoms with van der Waals surface area (Å²) >= 11 is 0. The van der Waals surface area contributed by atoms with E-state index in [0.717, 1.165) is 30.8 Å². The number of hydrogen-bond acceptors (Lipinski definition) is 6. The van der Waals surface area contributed by atoms with Crippen molar-refractivity contribution in [3.63, 3.8) is 0 Å². The molecule has 0 spiro atoms. The molecule has 1 aromatic carbocycles. The zero-order chi connectivity index (χ0) is 21.0. The van der Waals surface area contributed by atoms with E-state index in [1.807, 2.05) is 31.2 Å². The number of amides is 1. The summed E-state index contributed by atoms with van der Waals surface area (Å²) in [5.74, 6) is 0.415. The average molecular weight is 408 g/mol. The molecule has 1 aromatic rings. The smallest absolute Gasteiger partial charge is 0.248 e. The minimum absolute atomic E-state index is 0.0225. The lowest BCUT2D eigenvalue weighted by Crippen LogP contribution is -2.38. The van der Waals surface area contributed by atoms with E-state index in [2.05, 4.69) is 0 Å². The van der Waals surface area contributed by atoms with Crippen LogP contribution < -0.4 is 4.74 Å². The van der Waals surface area contributed by atoms with Crippen LogP contribution in [0.1, 0.15) is 38.2 Å². The van der Waals surface area contributed by atoms with Gasteiger partial charge in [0.1, 0.15) is 25.1 Å². The molecule has 0 aromatic heterocycles. The fourth-order valence-corrected chi connectivity index (χ4v) is 4.41. The van der Waals surface area contributed by atoms with E-state index < -0.39 is 18.1 Å². The van der Waals surface area contributed by atoms with E-state index in [1.54, 1.807) is 18.9 Å². The number of benzene rings is 1. The topological polar surface area (TPSA) is 88.5 Å². The van der Waals surface area contributed by atoms with E-state index in [0.29, 0.717) is 19.7 Å². The normalized spacial score (nSPS) is 29.1. The predicted octanol–water partition coefficient (Wildman–Crippen LogP) is 1.56. The van der Waals surface area contributed by atoms with Gasteiger partial charge in [-0.1, -0.05) is 19.1 Å². The van der Waals surface area contributed by atoms with Crippen LogP contribution in [0, 0.1) is 5.41 Å². The van der Waals surface area contributed by atoms with Gasteiger partial charge in [-0.25, -0.2) is 0 Å². The van der Waals surface area contributed by atoms with Crippen molar-refractivity contribution in [2.45, 2.75) is 50.9 Å². The Hall–Kier alpha value is -1.67. The molecule has 1 amide bonds. The summed E-state index contributed by atoms with van der Waals surface area (Å²) < 4.78 is 17.1. The van der Waals surface area contributed by atoms with Crippen molar-refractivity contribution < 1.29 is 29.2 Å². The Morgan fingerprint density at radius 2 is 2.10 bits per heavy atom. The van der Waals surface area contributed by atoms with Gasteiger partial charge in [0.15, 0.2) is 0 Å². The first-order valence-corrected chi connectivity index (χ1v) is 10.3. The van der Waals surface area contributed by atoms with Gasteiger partial charge in [0.2, 0.25) is 5.91 Å². The van der Waals surface area contributed by atoms with Gasteiger partial charge in [0, 0.05) is 38.1 Å². The molecule has 29 heavy (non-hydrogen) atoms. The largest absolute Gasteiger partial charge is 0.491 e. The Morgan fingerprint density at radius 3 is 2.66 bits per heavy atom. The summed E-state index contributed by atoms with van der Waals surface area (Å²) in [5.41, 5.74) is 0.560. The van der Waals surface area contributed by atoms with Gasteiger partial charge >= 0.3 is 0 Å². The lowest BCUT2D eigenvalue weighted by atomic mass is 9.72. The van der Waals surface area contributed by atoms with E-state index in [-0.39, 0.29) is 24.0 Å². The quantitative estimate of drug-likeness (QED) is 0.680. The van der Waals surface area contributed by atoms with Gasteiger partial charge in [-0.15, -0.1) is 0 Å². The highest BCUT2D eigenvalue weighted by Gasteiger charge is 2.48. The highest BCUT2D eigenvalue weighted by atomic mass is 16.6. The molecule has 2 saturated heterocycles. The molecule has 0 bridgehead atoms. The second-order valence-electron chi connectivity index (χ2n) is 8.37. The van der Waals surface area contributed by atoms with E-state index >= 15 is 0 Å². The Bertz CT molecular complexity index is 672. The fraction of sp³-hybridized carbons (Fsp3) is 0.682. The van der Waals surface area contributed by atoms with Crippen LogP contribution in [-0.4, -0.2) is 79.4 Å². The molecule has 2 unspecified atom stereocenters. The molecule has 2 aliphatic rings. The molecule has 7 heteroatoms. The molecule has 2 aliphatic heterocycles. The second kappa shape index (κ2) is 9.43. The number of nitrogens with zero attached hydrogens (tertiary/aromatic N) is 1. The van der Waals surface area contributed by atoms with Gasteiger partial charge in [-0.3, -0.25) is 4.79 Å². The van der Waals surface area contributed by atoms with Crippen LogP contribution in [0.25, 0.3) is 0 Å². The number of likely N-dealkylation sites (tertiary alicyclic amines) is 1. The molecule has 3 rings (SSSR count). The standard InChI is InChI=1S/C22H33NO6/c1-15(25)22(2)14-23(21(26)12-24)11-18(22)16-6-8-17(9-7-16)29-13-20(27-3)19-5-4-10-28-19/h6-9,15,18-20,24-25H,4-5,10-14H2,1-3H3/t15-,18+,19?,20?,22+/m1/s1. The first-order chi connectivity index (χ1) is 13.9.